The zero-order valence-electron chi connectivity index (χ0n) is 13.3. The summed E-state index contributed by atoms with van der Waals surface area (Å²) in [4.78, 5) is 35.8. The van der Waals surface area contributed by atoms with Gasteiger partial charge in [-0.3, -0.25) is 9.69 Å². The lowest BCUT2D eigenvalue weighted by molar-refractivity contribution is -0.142. The fourth-order valence-corrected chi connectivity index (χ4v) is 2.36. The molecule has 0 aliphatic carbocycles. The quantitative estimate of drug-likeness (QED) is 0.748. The van der Waals surface area contributed by atoms with Crippen LogP contribution >= 0.6 is 0 Å². The van der Waals surface area contributed by atoms with Crippen LogP contribution in [0, 0.1) is 5.92 Å². The molecule has 0 radical (unpaired) electrons. The molecule has 0 aromatic carbocycles. The van der Waals surface area contributed by atoms with Crippen molar-refractivity contribution in [2.45, 2.75) is 45.3 Å². The summed E-state index contributed by atoms with van der Waals surface area (Å²) < 4.78 is 5.25. The van der Waals surface area contributed by atoms with E-state index in [-0.39, 0.29) is 11.8 Å². The Morgan fingerprint density at radius 1 is 1.41 bits per heavy atom. The minimum absolute atomic E-state index is 0.0127. The predicted molar refractivity (Wildman–Crippen MR) is 80.3 cm³/mol. The van der Waals surface area contributed by atoms with E-state index in [4.69, 9.17) is 4.74 Å². The molecule has 7 heteroatoms. The van der Waals surface area contributed by atoms with Gasteiger partial charge in [0, 0.05) is 13.1 Å². The first-order valence-corrected chi connectivity index (χ1v) is 7.26. The first-order chi connectivity index (χ1) is 10.1. The number of hydrogen-bond donors (Lipinski definition) is 2. The second-order valence-corrected chi connectivity index (χ2v) is 6.37. The van der Waals surface area contributed by atoms with Crippen molar-refractivity contribution in [3.8, 4) is 0 Å². The highest BCUT2D eigenvalue weighted by atomic mass is 16.6. The lowest BCUT2D eigenvalue weighted by Crippen LogP contribution is -2.43. The Hall–Kier alpha value is -2.05. The van der Waals surface area contributed by atoms with Crippen LogP contribution in [-0.2, 0) is 14.3 Å². The van der Waals surface area contributed by atoms with Crippen molar-refractivity contribution in [1.29, 1.82) is 0 Å². The Labute approximate surface area is 130 Å². The second-order valence-electron chi connectivity index (χ2n) is 6.37. The monoisotopic (exact) mass is 312 g/mol. The number of hydrogen-bond acceptors (Lipinski definition) is 4. The molecule has 1 aliphatic heterocycles. The summed E-state index contributed by atoms with van der Waals surface area (Å²) in [5.74, 6) is -1.29. The molecule has 0 aromatic rings. The molecule has 22 heavy (non-hydrogen) atoms. The SMILES string of the molecule is C=CC(=O)NCCC1C[C@@H](C(=O)O)N(C(=O)OC(C)(C)C)C1. The van der Waals surface area contributed by atoms with Crippen molar-refractivity contribution >= 4 is 18.0 Å². The summed E-state index contributed by atoms with van der Waals surface area (Å²) in [6.45, 7) is 9.30. The molecule has 1 unspecified atom stereocenters. The van der Waals surface area contributed by atoms with Gasteiger partial charge in [0.2, 0.25) is 5.91 Å². The first kappa shape index (κ1) is 18.0. The number of ether oxygens (including phenoxy) is 1. The van der Waals surface area contributed by atoms with E-state index >= 15 is 0 Å². The van der Waals surface area contributed by atoms with E-state index in [9.17, 15) is 19.5 Å². The zero-order chi connectivity index (χ0) is 16.9. The van der Waals surface area contributed by atoms with Crippen molar-refractivity contribution in [3.63, 3.8) is 0 Å². The molecule has 0 bridgehead atoms. The summed E-state index contributed by atoms with van der Waals surface area (Å²) >= 11 is 0. The fraction of sp³-hybridized carbons (Fsp3) is 0.667. The smallest absolute Gasteiger partial charge is 0.411 e. The molecule has 0 spiro atoms. The molecule has 7 nitrogen and oxygen atoms in total. The topological polar surface area (TPSA) is 95.9 Å². The molecule has 1 aliphatic rings. The number of nitrogens with one attached hydrogen (secondary N) is 1. The number of rotatable bonds is 5. The van der Waals surface area contributed by atoms with Gasteiger partial charge < -0.3 is 15.2 Å². The Bertz CT molecular complexity index is 455. The van der Waals surface area contributed by atoms with Gasteiger partial charge in [-0.2, -0.15) is 0 Å². The average Bonchev–Trinajstić information content (AvgIpc) is 2.81. The highest BCUT2D eigenvalue weighted by Crippen LogP contribution is 2.27. The summed E-state index contributed by atoms with van der Waals surface area (Å²) in [6.07, 6.45) is 1.53. The molecule has 2 N–H and O–H groups in total. The third-order valence-corrected chi connectivity index (χ3v) is 3.34. The molecule has 1 saturated heterocycles. The molecule has 1 heterocycles. The van der Waals surface area contributed by atoms with Crippen molar-refractivity contribution in [1.82, 2.24) is 10.2 Å². The van der Waals surface area contributed by atoms with Crippen molar-refractivity contribution in [2.75, 3.05) is 13.1 Å². The van der Waals surface area contributed by atoms with E-state index in [1.807, 2.05) is 0 Å². The maximum absolute atomic E-state index is 12.1. The highest BCUT2D eigenvalue weighted by Gasteiger charge is 2.41. The third-order valence-electron chi connectivity index (χ3n) is 3.34. The van der Waals surface area contributed by atoms with E-state index in [1.54, 1.807) is 20.8 Å². The van der Waals surface area contributed by atoms with Gasteiger partial charge in [-0.15, -0.1) is 0 Å². The van der Waals surface area contributed by atoms with Gasteiger partial charge >= 0.3 is 12.1 Å². The van der Waals surface area contributed by atoms with Gasteiger partial charge in [0.1, 0.15) is 11.6 Å². The number of nitrogens with zero attached hydrogens (tertiary/aromatic N) is 1. The number of carboxylic acids is 1. The predicted octanol–water partition coefficient (Wildman–Crippen LogP) is 1.39. The van der Waals surface area contributed by atoms with Gasteiger partial charge in [0.05, 0.1) is 0 Å². The van der Waals surface area contributed by atoms with Crippen LogP contribution in [-0.4, -0.2) is 52.7 Å². The molecule has 2 amide bonds. The van der Waals surface area contributed by atoms with Gasteiger partial charge in [-0.25, -0.2) is 9.59 Å². The number of amides is 2. The number of carboxylic acid groups (broad SMARTS) is 1. The Balaban J connectivity index is 2.61. The Morgan fingerprint density at radius 2 is 2.05 bits per heavy atom. The van der Waals surface area contributed by atoms with Gasteiger partial charge in [0.15, 0.2) is 0 Å². The number of carbonyl (C=O) groups excluding carboxylic acids is 2. The minimum atomic E-state index is -1.04. The Kier molecular flexibility index (Phi) is 5.96. The van der Waals surface area contributed by atoms with E-state index < -0.39 is 23.7 Å². The lowest BCUT2D eigenvalue weighted by atomic mass is 10.0. The lowest BCUT2D eigenvalue weighted by Gasteiger charge is -2.26. The van der Waals surface area contributed by atoms with Gasteiger partial charge in [0.25, 0.3) is 0 Å². The summed E-state index contributed by atoms with van der Waals surface area (Å²) in [6, 6.07) is -0.880. The van der Waals surface area contributed by atoms with Crippen molar-refractivity contribution < 1.29 is 24.2 Å². The zero-order valence-corrected chi connectivity index (χ0v) is 13.3. The molecule has 124 valence electrons. The molecule has 0 aromatic heterocycles. The maximum atomic E-state index is 12.1. The molecule has 2 atom stereocenters. The number of aliphatic carboxylic acids is 1. The van der Waals surface area contributed by atoms with Gasteiger partial charge in [-0.05, 0) is 45.6 Å². The van der Waals surface area contributed by atoms with Crippen LogP contribution in [0.5, 0.6) is 0 Å². The average molecular weight is 312 g/mol. The Morgan fingerprint density at radius 3 is 2.55 bits per heavy atom. The van der Waals surface area contributed by atoms with Crippen LogP contribution < -0.4 is 5.32 Å². The van der Waals surface area contributed by atoms with E-state index in [0.717, 1.165) is 0 Å². The number of likely N-dealkylation sites (tertiary alicyclic amines) is 1. The van der Waals surface area contributed by atoms with Crippen LogP contribution in [0.1, 0.15) is 33.6 Å². The summed E-state index contributed by atoms with van der Waals surface area (Å²) in [5, 5.41) is 11.9. The van der Waals surface area contributed by atoms with Gasteiger partial charge in [-0.1, -0.05) is 6.58 Å². The standard InChI is InChI=1S/C15H24N2O5/c1-5-12(18)16-7-6-10-8-11(13(19)20)17(9-10)14(21)22-15(2,3)4/h5,10-11H,1,6-9H2,2-4H3,(H,16,18)(H,19,20)/t10?,11-/m0/s1. The van der Waals surface area contributed by atoms with E-state index in [1.165, 1.54) is 11.0 Å². The fourth-order valence-electron chi connectivity index (χ4n) is 2.36. The molecular weight excluding hydrogens is 288 g/mol. The molecular formula is C15H24N2O5. The highest BCUT2D eigenvalue weighted by molar-refractivity contribution is 5.86. The number of carbonyl (C=O) groups is 3. The maximum Gasteiger partial charge on any atom is 0.411 e. The summed E-state index contributed by atoms with van der Waals surface area (Å²) in [7, 11) is 0. The van der Waals surface area contributed by atoms with E-state index in [2.05, 4.69) is 11.9 Å². The second kappa shape index (κ2) is 7.29. The van der Waals surface area contributed by atoms with Crippen molar-refractivity contribution in [2.24, 2.45) is 5.92 Å². The van der Waals surface area contributed by atoms with Crippen LogP contribution in [0.3, 0.4) is 0 Å². The van der Waals surface area contributed by atoms with Crippen molar-refractivity contribution in [3.05, 3.63) is 12.7 Å². The molecule has 0 saturated carbocycles. The van der Waals surface area contributed by atoms with Crippen LogP contribution in [0.15, 0.2) is 12.7 Å². The third kappa shape index (κ3) is 5.38. The van der Waals surface area contributed by atoms with Crippen LogP contribution in [0.2, 0.25) is 0 Å². The normalized spacial score (nSPS) is 21.3. The van der Waals surface area contributed by atoms with Crippen LogP contribution in [0.4, 0.5) is 4.79 Å². The summed E-state index contributed by atoms with van der Waals surface area (Å²) in [5.41, 5.74) is -0.670. The molecule has 1 fully saturated rings. The minimum Gasteiger partial charge on any atom is -0.480 e. The largest absolute Gasteiger partial charge is 0.480 e. The van der Waals surface area contributed by atoms with E-state index in [0.29, 0.717) is 25.9 Å². The van der Waals surface area contributed by atoms with Crippen LogP contribution in [0.25, 0.3) is 0 Å². The first-order valence-electron chi connectivity index (χ1n) is 7.26. The molecule has 1 rings (SSSR count).